The van der Waals surface area contributed by atoms with Gasteiger partial charge in [0.2, 0.25) is 17.7 Å². The van der Waals surface area contributed by atoms with Crippen molar-refractivity contribution in [2.24, 2.45) is 11.8 Å². The summed E-state index contributed by atoms with van der Waals surface area (Å²) < 4.78 is 28.9. The van der Waals surface area contributed by atoms with Crippen molar-refractivity contribution >= 4 is 17.7 Å². The fourth-order valence-electron chi connectivity index (χ4n) is 6.20. The lowest BCUT2D eigenvalue weighted by Gasteiger charge is -2.44. The van der Waals surface area contributed by atoms with Crippen LogP contribution in [0.1, 0.15) is 27.2 Å². The lowest BCUT2D eigenvalue weighted by atomic mass is 9.87. The minimum atomic E-state index is -1.55. The minimum Gasteiger partial charge on any atom is -0.394 e. The Kier molecular flexibility index (Phi) is 14.9. The second-order valence-corrected chi connectivity index (χ2v) is 12.0. The third kappa shape index (κ3) is 9.97. The summed E-state index contributed by atoms with van der Waals surface area (Å²) in [7, 11) is 0. The smallest absolute Gasteiger partial charge is 0.217 e. The molecule has 14 atom stereocenters. The van der Waals surface area contributed by atoms with Gasteiger partial charge in [-0.25, -0.2) is 0 Å². The number of aliphatic hydroxyl groups is 7. The van der Waals surface area contributed by atoms with Crippen molar-refractivity contribution in [1.29, 1.82) is 0 Å². The van der Waals surface area contributed by atoms with Gasteiger partial charge in [-0.2, -0.15) is 0 Å². The predicted molar refractivity (Wildman–Crippen MR) is 154 cm³/mol. The van der Waals surface area contributed by atoms with E-state index in [1.165, 1.54) is 20.8 Å². The van der Waals surface area contributed by atoms with Gasteiger partial charge in [-0.3, -0.25) is 14.4 Å². The lowest BCUT2D eigenvalue weighted by molar-refractivity contribution is -0.247. The van der Waals surface area contributed by atoms with E-state index in [0.717, 1.165) is 0 Å². The van der Waals surface area contributed by atoms with Crippen molar-refractivity contribution < 1.29 is 73.8 Å². The second-order valence-electron chi connectivity index (χ2n) is 12.0. The first-order chi connectivity index (χ1) is 21.8. The van der Waals surface area contributed by atoms with Gasteiger partial charge in [0, 0.05) is 32.6 Å². The molecule has 0 radical (unpaired) electrons. The van der Waals surface area contributed by atoms with Crippen LogP contribution in [0.5, 0.6) is 0 Å². The van der Waals surface area contributed by atoms with Crippen molar-refractivity contribution in [2.45, 2.75) is 100 Å². The van der Waals surface area contributed by atoms with Crippen molar-refractivity contribution in [3.8, 4) is 0 Å². The van der Waals surface area contributed by atoms with Crippen LogP contribution in [-0.2, 0) is 38.1 Å². The Labute approximate surface area is 266 Å². The van der Waals surface area contributed by atoms with E-state index in [-0.39, 0.29) is 32.3 Å². The van der Waals surface area contributed by atoms with Gasteiger partial charge in [0.1, 0.15) is 36.6 Å². The molecule has 0 aromatic heterocycles. The number of carbonyl (C=O) groups is 3. The van der Waals surface area contributed by atoms with E-state index in [2.05, 4.69) is 16.0 Å². The van der Waals surface area contributed by atoms with Crippen LogP contribution >= 0.6 is 0 Å². The highest BCUT2D eigenvalue weighted by Gasteiger charge is 2.47. The van der Waals surface area contributed by atoms with Crippen LogP contribution in [0.15, 0.2) is 0 Å². The minimum absolute atomic E-state index is 0.0145. The van der Waals surface area contributed by atoms with E-state index >= 15 is 0 Å². The summed E-state index contributed by atoms with van der Waals surface area (Å²) >= 11 is 0. The van der Waals surface area contributed by atoms with E-state index in [0.29, 0.717) is 6.42 Å². The molecule has 0 aromatic rings. The van der Waals surface area contributed by atoms with Crippen LogP contribution in [0.3, 0.4) is 0 Å². The molecule has 3 aliphatic rings. The Balaban J connectivity index is 1.62. The van der Waals surface area contributed by atoms with E-state index < -0.39 is 117 Å². The van der Waals surface area contributed by atoms with Crippen molar-refractivity contribution in [3.63, 3.8) is 0 Å². The molecule has 10 N–H and O–H groups in total. The average molecular weight is 668 g/mol. The van der Waals surface area contributed by atoms with Crippen molar-refractivity contribution in [2.75, 3.05) is 46.2 Å². The zero-order valence-corrected chi connectivity index (χ0v) is 26.1. The van der Waals surface area contributed by atoms with Gasteiger partial charge < -0.3 is 75.4 Å². The lowest BCUT2D eigenvalue weighted by Crippen LogP contribution is -2.65. The van der Waals surface area contributed by atoms with Gasteiger partial charge in [-0.1, -0.05) is 0 Å². The fraction of sp³-hybridized carbons (Fsp3) is 0.893. The van der Waals surface area contributed by atoms with Crippen LogP contribution in [-0.4, -0.2) is 173 Å². The highest BCUT2D eigenvalue weighted by molar-refractivity contribution is 5.74. The molecule has 3 aliphatic heterocycles. The zero-order chi connectivity index (χ0) is 34.1. The molecule has 3 heterocycles. The maximum atomic E-state index is 12.0. The van der Waals surface area contributed by atoms with Crippen molar-refractivity contribution in [1.82, 2.24) is 16.0 Å². The summed E-state index contributed by atoms with van der Waals surface area (Å²) in [6.45, 7) is 1.89. The number of aliphatic hydroxyl groups excluding tert-OH is 7. The van der Waals surface area contributed by atoms with Gasteiger partial charge in [-0.15, -0.1) is 0 Å². The van der Waals surface area contributed by atoms with E-state index in [1.54, 1.807) is 0 Å². The summed E-state index contributed by atoms with van der Waals surface area (Å²) in [4.78, 5) is 35.3. The molecule has 0 bridgehead atoms. The fourth-order valence-corrected chi connectivity index (χ4v) is 6.20. The van der Waals surface area contributed by atoms with Crippen LogP contribution in [0, 0.1) is 11.8 Å². The van der Waals surface area contributed by atoms with Crippen LogP contribution in [0.4, 0.5) is 0 Å². The molecule has 18 heteroatoms. The summed E-state index contributed by atoms with van der Waals surface area (Å²) in [5.41, 5.74) is 0. The highest BCUT2D eigenvalue weighted by Crippen LogP contribution is 2.29. The quantitative estimate of drug-likeness (QED) is 0.0827. The number of carbonyl (C=O) groups excluding carboxylic acids is 3. The second kappa shape index (κ2) is 17.9. The molecule has 0 saturated carbocycles. The third-order valence-electron chi connectivity index (χ3n) is 8.51. The van der Waals surface area contributed by atoms with E-state index in [1.807, 2.05) is 0 Å². The Bertz CT molecular complexity index is 994. The normalized spacial score (nSPS) is 39.8. The average Bonchev–Trinajstić information content (AvgIpc) is 2.99. The van der Waals surface area contributed by atoms with Crippen LogP contribution in [0.2, 0.25) is 0 Å². The first-order valence-electron chi connectivity index (χ1n) is 15.3. The van der Waals surface area contributed by atoms with Gasteiger partial charge in [0.25, 0.3) is 0 Å². The molecular formula is C28H49N3O15. The summed E-state index contributed by atoms with van der Waals surface area (Å²) in [6, 6.07) is -2.75. The number of hydrogen-bond donors (Lipinski definition) is 10. The number of rotatable bonds is 14. The molecule has 3 amide bonds. The number of hydrogen-bond acceptors (Lipinski definition) is 15. The molecule has 0 spiro atoms. The van der Waals surface area contributed by atoms with Gasteiger partial charge in [-0.05, 0) is 6.42 Å². The van der Waals surface area contributed by atoms with Gasteiger partial charge in [0.15, 0.2) is 6.29 Å². The summed E-state index contributed by atoms with van der Waals surface area (Å²) in [5, 5.41) is 78.9. The zero-order valence-electron chi connectivity index (χ0n) is 26.1. The molecule has 18 nitrogen and oxygen atoms in total. The topological polar surface area (TPSA) is 275 Å². The SMILES string of the molecule is CC(=O)NC1C(O)OC(CO)[C@@H](COC[C@@H]2OC(CO)[C@@H](COC[C@@H]3OC(CO)C(O)C(O)C3NC(C)=O)CC2NC(C)=O)C1O. The van der Waals surface area contributed by atoms with Crippen LogP contribution < -0.4 is 16.0 Å². The van der Waals surface area contributed by atoms with E-state index in [4.69, 9.17) is 23.7 Å². The number of amides is 3. The molecule has 46 heavy (non-hydrogen) atoms. The maximum Gasteiger partial charge on any atom is 0.217 e. The first-order valence-corrected chi connectivity index (χ1v) is 15.3. The third-order valence-corrected chi connectivity index (χ3v) is 8.51. The molecule has 0 aliphatic carbocycles. The largest absolute Gasteiger partial charge is 0.394 e. The molecule has 0 aromatic carbocycles. The van der Waals surface area contributed by atoms with Crippen molar-refractivity contribution in [3.05, 3.63) is 0 Å². The molecule has 3 fully saturated rings. The first kappa shape index (κ1) is 38.4. The van der Waals surface area contributed by atoms with Gasteiger partial charge >= 0.3 is 0 Å². The Morgan fingerprint density at radius 3 is 1.74 bits per heavy atom. The predicted octanol–water partition coefficient (Wildman–Crippen LogP) is -5.53. The molecule has 3 saturated heterocycles. The molecule has 10 unspecified atom stereocenters. The Morgan fingerprint density at radius 2 is 1.15 bits per heavy atom. The monoisotopic (exact) mass is 667 g/mol. The van der Waals surface area contributed by atoms with E-state index in [9.17, 15) is 50.1 Å². The maximum absolute atomic E-state index is 12.0. The van der Waals surface area contributed by atoms with Gasteiger partial charge in [0.05, 0.1) is 76.6 Å². The number of nitrogens with one attached hydrogen (secondary N) is 3. The highest BCUT2D eigenvalue weighted by atomic mass is 16.6. The van der Waals surface area contributed by atoms with Crippen LogP contribution in [0.25, 0.3) is 0 Å². The standard InChI is InChI=1S/C28H49N3O15/c1-12(35)29-17-4-15(8-42-11-22-23(30-13(2)36)27(40)26(39)20(7-34)45-22)18(5-32)44-21(17)10-43-9-16-19(6-33)46-28(41)24(25(16)38)31-14(3)37/h15-28,32-34,38-41H,4-11H2,1-3H3,(H,29,35)(H,30,36)(H,31,37)/t15-,16-,17?,18?,19?,20?,21+,22+,23?,24?,25?,26?,27?,28?/m1/s1. The Morgan fingerprint density at radius 1 is 0.609 bits per heavy atom. The molecule has 3 rings (SSSR count). The summed E-state index contributed by atoms with van der Waals surface area (Å²) in [5.74, 6) is -2.59. The molecule has 266 valence electrons. The Hall–Kier alpha value is -2.07. The summed E-state index contributed by atoms with van der Waals surface area (Å²) in [6.07, 6.45) is -9.92. The number of ether oxygens (including phenoxy) is 5. The molecular weight excluding hydrogens is 618 g/mol.